The Bertz CT molecular complexity index is 3560. The van der Waals surface area contributed by atoms with Gasteiger partial charge in [0.2, 0.25) is 0 Å². The number of aromatic nitrogens is 4. The summed E-state index contributed by atoms with van der Waals surface area (Å²) in [5.41, 5.74) is 14.7. The number of hydrogen-bond donors (Lipinski definition) is 0. The van der Waals surface area contributed by atoms with Gasteiger partial charge in [-0.1, -0.05) is 158 Å². The van der Waals surface area contributed by atoms with Crippen molar-refractivity contribution in [3.05, 3.63) is 218 Å². The summed E-state index contributed by atoms with van der Waals surface area (Å²) in [5, 5.41) is 4.59. The molecule has 0 bridgehead atoms. The zero-order chi connectivity index (χ0) is 41.0. The monoisotopic (exact) mass is 792 g/mol. The topological polar surface area (TPSA) is 56.7 Å². The Morgan fingerprint density at radius 3 is 1.32 bits per heavy atom. The molecule has 0 fully saturated rings. The van der Waals surface area contributed by atoms with Gasteiger partial charge >= 0.3 is 0 Å². The third kappa shape index (κ3) is 6.14. The number of para-hydroxylation sites is 1. The lowest BCUT2D eigenvalue weighted by atomic mass is 9.99. The number of furan rings is 1. The van der Waals surface area contributed by atoms with Crippen molar-refractivity contribution in [3.63, 3.8) is 0 Å². The lowest BCUT2D eigenvalue weighted by Crippen LogP contribution is -2.02. The first-order valence-electron chi connectivity index (χ1n) is 20.8. The van der Waals surface area contributed by atoms with Crippen molar-refractivity contribution >= 4 is 43.7 Å². The van der Waals surface area contributed by atoms with E-state index in [0.717, 1.165) is 77.6 Å². The fourth-order valence-electron chi connectivity index (χ4n) is 8.84. The fraction of sp³-hybridized carbons (Fsp3) is 0. The van der Waals surface area contributed by atoms with E-state index in [4.69, 9.17) is 19.4 Å². The van der Waals surface area contributed by atoms with Crippen LogP contribution >= 0.6 is 0 Å². The van der Waals surface area contributed by atoms with E-state index in [1.54, 1.807) is 0 Å². The molecule has 5 heteroatoms. The van der Waals surface area contributed by atoms with Crippen molar-refractivity contribution in [3.8, 4) is 73.2 Å². The van der Waals surface area contributed by atoms with Gasteiger partial charge in [0, 0.05) is 43.8 Å². The molecule has 3 aromatic heterocycles. The minimum absolute atomic E-state index is 0.618. The molecule has 62 heavy (non-hydrogen) atoms. The van der Waals surface area contributed by atoms with E-state index < -0.39 is 0 Å². The van der Waals surface area contributed by atoms with E-state index in [2.05, 4.69) is 162 Å². The number of hydrogen-bond acceptors (Lipinski definition) is 4. The summed E-state index contributed by atoms with van der Waals surface area (Å²) in [6, 6.07) is 76.5. The number of fused-ring (bicyclic) bond motifs is 6. The van der Waals surface area contributed by atoms with Crippen LogP contribution in [0, 0.1) is 0 Å². The summed E-state index contributed by atoms with van der Waals surface area (Å²) < 4.78 is 8.74. The highest BCUT2D eigenvalue weighted by molar-refractivity contribution is 6.12. The zero-order valence-corrected chi connectivity index (χ0v) is 33.5. The summed E-state index contributed by atoms with van der Waals surface area (Å²) in [6.45, 7) is 0. The molecule has 9 aromatic carbocycles. The van der Waals surface area contributed by atoms with Gasteiger partial charge in [-0.25, -0.2) is 15.0 Å². The van der Waals surface area contributed by atoms with Crippen LogP contribution in [0.5, 0.6) is 0 Å². The van der Waals surface area contributed by atoms with Gasteiger partial charge in [-0.15, -0.1) is 0 Å². The van der Waals surface area contributed by atoms with Crippen molar-refractivity contribution in [2.75, 3.05) is 0 Å². The Balaban J connectivity index is 1.01. The van der Waals surface area contributed by atoms with Crippen molar-refractivity contribution in [2.24, 2.45) is 0 Å². The third-order valence-corrected chi connectivity index (χ3v) is 11.9. The lowest BCUT2D eigenvalue weighted by molar-refractivity contribution is 0.669. The van der Waals surface area contributed by atoms with Crippen molar-refractivity contribution in [2.45, 2.75) is 0 Å². The Morgan fingerprint density at radius 1 is 0.290 bits per heavy atom. The molecule has 0 aliphatic rings. The molecule has 0 aliphatic carbocycles. The lowest BCUT2D eigenvalue weighted by Gasteiger charge is -2.16. The summed E-state index contributed by atoms with van der Waals surface area (Å²) in [7, 11) is 0. The largest absolute Gasteiger partial charge is 0.456 e. The summed E-state index contributed by atoms with van der Waals surface area (Å²) >= 11 is 0. The van der Waals surface area contributed by atoms with Crippen LogP contribution in [0.2, 0.25) is 0 Å². The molecule has 0 aliphatic heterocycles. The SMILES string of the molecule is c1ccc(-c2ccc3oc4ccc(-c5ccc6c(c5)c5ccccc5n6-c5ccc(-c6nc(-c7ccccc7)nc(-c7ccccc7)n6)cc5-c5ccccc5)cc4c3c2)cc1. The molecule has 3 heterocycles. The molecular formula is C57H36N4O. The van der Waals surface area contributed by atoms with E-state index in [1.807, 2.05) is 60.7 Å². The van der Waals surface area contributed by atoms with Crippen LogP contribution in [-0.4, -0.2) is 19.5 Å². The molecule has 0 spiro atoms. The molecule has 0 saturated heterocycles. The molecule has 0 atom stereocenters. The minimum atomic E-state index is 0.618. The van der Waals surface area contributed by atoms with Gasteiger partial charge in [0.15, 0.2) is 17.5 Å². The predicted octanol–water partition coefficient (Wildman–Crippen LogP) is 14.9. The predicted molar refractivity (Wildman–Crippen MR) is 254 cm³/mol. The first kappa shape index (κ1) is 35.5. The highest BCUT2D eigenvalue weighted by Crippen LogP contribution is 2.41. The molecule has 5 nitrogen and oxygen atoms in total. The molecule has 0 unspecified atom stereocenters. The quantitative estimate of drug-likeness (QED) is 0.161. The normalized spacial score (nSPS) is 11.5. The number of nitrogens with zero attached hydrogens (tertiary/aromatic N) is 4. The second-order valence-corrected chi connectivity index (χ2v) is 15.6. The molecule has 290 valence electrons. The van der Waals surface area contributed by atoms with E-state index >= 15 is 0 Å². The van der Waals surface area contributed by atoms with Gasteiger partial charge in [-0.2, -0.15) is 0 Å². The van der Waals surface area contributed by atoms with Gasteiger partial charge < -0.3 is 8.98 Å². The van der Waals surface area contributed by atoms with E-state index in [1.165, 1.54) is 21.9 Å². The van der Waals surface area contributed by atoms with Gasteiger partial charge in [0.05, 0.1) is 16.7 Å². The second kappa shape index (κ2) is 14.7. The second-order valence-electron chi connectivity index (χ2n) is 15.6. The molecule has 0 radical (unpaired) electrons. The first-order valence-corrected chi connectivity index (χ1v) is 20.8. The van der Waals surface area contributed by atoms with Crippen LogP contribution in [0.3, 0.4) is 0 Å². The van der Waals surface area contributed by atoms with Gasteiger partial charge in [-0.3, -0.25) is 0 Å². The fourth-order valence-corrected chi connectivity index (χ4v) is 8.84. The van der Waals surface area contributed by atoms with Crippen LogP contribution in [0.4, 0.5) is 0 Å². The zero-order valence-electron chi connectivity index (χ0n) is 33.5. The van der Waals surface area contributed by atoms with Crippen molar-refractivity contribution in [1.29, 1.82) is 0 Å². The molecular weight excluding hydrogens is 757 g/mol. The van der Waals surface area contributed by atoms with Crippen LogP contribution in [0.1, 0.15) is 0 Å². The van der Waals surface area contributed by atoms with Crippen LogP contribution in [0.25, 0.3) is 117 Å². The molecule has 0 N–H and O–H groups in total. The van der Waals surface area contributed by atoms with Crippen LogP contribution in [0.15, 0.2) is 223 Å². The minimum Gasteiger partial charge on any atom is -0.456 e. The standard InChI is InChI=1S/C57H36N4O/c1-5-15-37(16-6-1)41-27-31-53-48(34-41)49-35-43(28-32-54(49)62-53)42-25-29-52-47(33-42)45-23-13-14-24-50(45)61(52)51-30-26-44(36-46(51)38-17-7-2-8-18-38)57-59-55(39-19-9-3-10-20-39)58-56(60-57)40-21-11-4-12-22-40/h1-36H. The maximum atomic E-state index is 6.34. The van der Waals surface area contributed by atoms with E-state index in [-0.39, 0.29) is 0 Å². The Labute approximate surface area is 357 Å². The van der Waals surface area contributed by atoms with Crippen LogP contribution in [-0.2, 0) is 0 Å². The average Bonchev–Trinajstić information content (AvgIpc) is 3.89. The average molecular weight is 793 g/mol. The van der Waals surface area contributed by atoms with Crippen molar-refractivity contribution in [1.82, 2.24) is 19.5 Å². The van der Waals surface area contributed by atoms with E-state index in [0.29, 0.717) is 17.5 Å². The van der Waals surface area contributed by atoms with Gasteiger partial charge in [-0.05, 0) is 88.5 Å². The Morgan fingerprint density at radius 2 is 0.726 bits per heavy atom. The maximum absolute atomic E-state index is 6.34. The number of rotatable bonds is 7. The van der Waals surface area contributed by atoms with E-state index in [9.17, 15) is 0 Å². The smallest absolute Gasteiger partial charge is 0.164 e. The molecule has 0 saturated carbocycles. The first-order chi connectivity index (χ1) is 30.7. The molecule has 12 aromatic rings. The number of benzene rings is 9. The maximum Gasteiger partial charge on any atom is 0.164 e. The Kier molecular flexibility index (Phi) is 8.42. The summed E-state index contributed by atoms with van der Waals surface area (Å²) in [4.78, 5) is 15.1. The Hall–Kier alpha value is -8.41. The van der Waals surface area contributed by atoms with Gasteiger partial charge in [0.1, 0.15) is 11.2 Å². The molecule has 0 amide bonds. The van der Waals surface area contributed by atoms with Gasteiger partial charge in [0.25, 0.3) is 0 Å². The highest BCUT2D eigenvalue weighted by atomic mass is 16.3. The van der Waals surface area contributed by atoms with Crippen molar-refractivity contribution < 1.29 is 4.42 Å². The third-order valence-electron chi connectivity index (χ3n) is 11.9. The summed E-state index contributed by atoms with van der Waals surface area (Å²) in [6.07, 6.45) is 0. The highest BCUT2D eigenvalue weighted by Gasteiger charge is 2.20. The molecule has 12 rings (SSSR count). The van der Waals surface area contributed by atoms with Crippen LogP contribution < -0.4 is 0 Å². The summed E-state index contributed by atoms with van der Waals surface area (Å²) in [5.74, 6) is 1.89.